The number of hydrogen-bond donors (Lipinski definition) is 1. The van der Waals surface area contributed by atoms with Crippen molar-refractivity contribution in [2.24, 2.45) is 0 Å². The van der Waals surface area contributed by atoms with Crippen molar-refractivity contribution in [3.05, 3.63) is 54.1 Å². The summed E-state index contributed by atoms with van der Waals surface area (Å²) in [5.41, 5.74) is -0.822. The molecule has 0 atom stereocenters. The molecule has 0 aromatic heterocycles. The molecular weight excluding hydrogens is 485 g/mol. The van der Waals surface area contributed by atoms with Gasteiger partial charge in [0.15, 0.2) is 0 Å². The molecule has 2 aliphatic heterocycles. The maximum atomic E-state index is 12.5. The molecule has 2 saturated heterocycles. The van der Waals surface area contributed by atoms with Crippen molar-refractivity contribution < 1.29 is 18.0 Å². The molecule has 1 amide bonds. The Bertz CT molecular complexity index is 952. The van der Waals surface area contributed by atoms with Gasteiger partial charge in [0.05, 0.1) is 0 Å². The van der Waals surface area contributed by atoms with Crippen molar-refractivity contribution in [3.8, 4) is 0 Å². The van der Waals surface area contributed by atoms with Crippen molar-refractivity contribution in [2.45, 2.75) is 50.1 Å². The minimum atomic E-state index is -4.27. The molecule has 0 aliphatic carbocycles. The lowest BCUT2D eigenvalue weighted by atomic mass is 10.0. The lowest BCUT2D eigenvalue weighted by Gasteiger charge is -2.36. The molecule has 2 fully saturated rings. The number of thioether (sulfide) groups is 1. The zero-order valence-electron chi connectivity index (χ0n) is 20.1. The summed E-state index contributed by atoms with van der Waals surface area (Å²) in [5.74, 6) is 0.0953. The summed E-state index contributed by atoms with van der Waals surface area (Å²) in [4.78, 5) is 19.6. The largest absolute Gasteiger partial charge is 0.446 e. The molecule has 2 aromatic carbocycles. The van der Waals surface area contributed by atoms with E-state index in [-0.39, 0.29) is 36.0 Å². The summed E-state index contributed by atoms with van der Waals surface area (Å²) in [6, 6.07) is 15.3. The van der Waals surface area contributed by atoms with Crippen LogP contribution in [0.1, 0.15) is 32.3 Å². The molecule has 0 bridgehead atoms. The summed E-state index contributed by atoms with van der Waals surface area (Å²) in [5, 5.41) is 3.17. The number of hydrogen-bond acceptors (Lipinski definition) is 5. The third-order valence-corrected chi connectivity index (χ3v) is 7.46. The SMILES string of the molecule is C.Cc1ccc(N2CCN(CCC(=O)NC3CCN(c4ccc(SC(F)(F)F)cc4)CC3)CC2)cc1. The highest BCUT2D eigenvalue weighted by Gasteiger charge is 2.29. The standard InChI is InChI=1S/C26H33F3N4OS.CH4/c1-20-2-4-22(5-3-20)33-18-16-31(17-19-33)13-12-25(34)30-21-10-14-32(15-11-21)23-6-8-24(9-7-23)35-26(27,28)29;/h2-9,21H,10-19H2,1H3,(H,30,34);1H4. The number of piperidine rings is 1. The predicted octanol–water partition coefficient (Wildman–Crippen LogP) is 5.54. The number of amides is 1. The van der Waals surface area contributed by atoms with Crippen molar-refractivity contribution in [3.63, 3.8) is 0 Å². The molecule has 5 nitrogen and oxygen atoms in total. The first kappa shape index (κ1) is 28.2. The van der Waals surface area contributed by atoms with Gasteiger partial charge in [0.1, 0.15) is 0 Å². The Kier molecular flexibility index (Phi) is 9.96. The van der Waals surface area contributed by atoms with Crippen LogP contribution in [0.2, 0.25) is 0 Å². The summed E-state index contributed by atoms with van der Waals surface area (Å²) >= 11 is -0.0943. The molecule has 0 spiro atoms. The second-order valence-corrected chi connectivity index (χ2v) is 10.4. The molecule has 198 valence electrons. The number of piperazine rings is 1. The number of alkyl halides is 3. The second kappa shape index (κ2) is 12.7. The Morgan fingerprint density at radius 3 is 1.97 bits per heavy atom. The van der Waals surface area contributed by atoms with E-state index in [0.29, 0.717) is 6.42 Å². The monoisotopic (exact) mass is 522 g/mol. The van der Waals surface area contributed by atoms with Gasteiger partial charge in [-0.1, -0.05) is 25.1 Å². The Morgan fingerprint density at radius 1 is 0.889 bits per heavy atom. The van der Waals surface area contributed by atoms with Crippen molar-refractivity contribution in [1.29, 1.82) is 0 Å². The van der Waals surface area contributed by atoms with Crippen LogP contribution in [0, 0.1) is 6.92 Å². The minimum absolute atomic E-state index is 0. The van der Waals surface area contributed by atoms with Gasteiger partial charge in [-0.2, -0.15) is 13.2 Å². The molecule has 2 aromatic rings. The van der Waals surface area contributed by atoms with Gasteiger partial charge in [0.25, 0.3) is 0 Å². The molecule has 9 heteroatoms. The fourth-order valence-corrected chi connectivity index (χ4v) is 5.22. The van der Waals surface area contributed by atoms with Crippen LogP contribution in [0.15, 0.2) is 53.4 Å². The predicted molar refractivity (Wildman–Crippen MR) is 143 cm³/mol. The van der Waals surface area contributed by atoms with E-state index in [1.165, 1.54) is 23.4 Å². The normalized spacial score (nSPS) is 17.6. The van der Waals surface area contributed by atoms with Crippen molar-refractivity contribution in [2.75, 3.05) is 55.6 Å². The van der Waals surface area contributed by atoms with Crippen LogP contribution in [0.4, 0.5) is 24.5 Å². The van der Waals surface area contributed by atoms with Crippen LogP contribution >= 0.6 is 11.8 Å². The lowest BCUT2D eigenvalue weighted by Crippen LogP contribution is -2.48. The molecule has 36 heavy (non-hydrogen) atoms. The first-order chi connectivity index (χ1) is 16.7. The molecule has 2 heterocycles. The van der Waals surface area contributed by atoms with Crippen LogP contribution in [0.25, 0.3) is 0 Å². The second-order valence-electron chi connectivity index (χ2n) is 9.28. The molecule has 0 unspecified atom stereocenters. The zero-order chi connectivity index (χ0) is 24.8. The summed E-state index contributed by atoms with van der Waals surface area (Å²) < 4.78 is 37.5. The fraction of sp³-hybridized carbons (Fsp3) is 0.519. The van der Waals surface area contributed by atoms with Gasteiger partial charge in [0.2, 0.25) is 5.91 Å². The van der Waals surface area contributed by atoms with E-state index in [1.54, 1.807) is 12.1 Å². The number of benzene rings is 2. The zero-order valence-corrected chi connectivity index (χ0v) is 20.9. The van der Waals surface area contributed by atoms with Gasteiger partial charge in [-0.25, -0.2) is 0 Å². The Hall–Kier alpha value is -2.39. The quantitative estimate of drug-likeness (QED) is 0.484. The van der Waals surface area contributed by atoms with Gasteiger partial charge < -0.3 is 15.1 Å². The fourth-order valence-electron chi connectivity index (χ4n) is 4.69. The number of nitrogens with one attached hydrogen (secondary N) is 1. The van der Waals surface area contributed by atoms with Gasteiger partial charge in [-0.15, -0.1) is 0 Å². The number of anilines is 2. The summed E-state index contributed by atoms with van der Waals surface area (Å²) in [6.45, 7) is 8.28. The molecule has 1 N–H and O–H groups in total. The van der Waals surface area contributed by atoms with Crippen LogP contribution in [0.3, 0.4) is 0 Å². The average molecular weight is 523 g/mol. The van der Waals surface area contributed by atoms with E-state index in [1.807, 2.05) is 0 Å². The van der Waals surface area contributed by atoms with Crippen molar-refractivity contribution in [1.82, 2.24) is 10.2 Å². The Labute approximate surface area is 217 Å². The molecule has 4 rings (SSSR count). The number of rotatable bonds is 7. The van der Waals surface area contributed by atoms with E-state index in [4.69, 9.17) is 0 Å². The van der Waals surface area contributed by atoms with Crippen LogP contribution in [-0.4, -0.2) is 68.2 Å². The van der Waals surface area contributed by atoms with Gasteiger partial charge in [-0.05, 0) is 67.9 Å². The minimum Gasteiger partial charge on any atom is -0.371 e. The Balaban J connectivity index is 0.00000361. The maximum absolute atomic E-state index is 12.5. The lowest BCUT2D eigenvalue weighted by molar-refractivity contribution is -0.122. The molecule has 0 saturated carbocycles. The summed E-state index contributed by atoms with van der Waals surface area (Å²) in [7, 11) is 0. The number of aryl methyl sites for hydroxylation is 1. The van der Waals surface area contributed by atoms with Crippen LogP contribution in [-0.2, 0) is 4.79 Å². The van der Waals surface area contributed by atoms with E-state index in [9.17, 15) is 18.0 Å². The van der Waals surface area contributed by atoms with Gasteiger partial charge in [-0.3, -0.25) is 9.69 Å². The van der Waals surface area contributed by atoms with E-state index in [2.05, 4.69) is 51.2 Å². The number of nitrogens with zero attached hydrogens (tertiary/aromatic N) is 3. The Morgan fingerprint density at radius 2 is 1.42 bits per heavy atom. The van der Waals surface area contributed by atoms with E-state index < -0.39 is 5.51 Å². The van der Waals surface area contributed by atoms with E-state index in [0.717, 1.165) is 64.3 Å². The summed E-state index contributed by atoms with van der Waals surface area (Å²) in [6.07, 6.45) is 2.17. The van der Waals surface area contributed by atoms with Crippen LogP contribution < -0.4 is 15.1 Å². The smallest absolute Gasteiger partial charge is 0.371 e. The maximum Gasteiger partial charge on any atom is 0.446 e. The molecular formula is C27H37F3N4OS. The number of carbonyl (C=O) groups is 1. The highest BCUT2D eigenvalue weighted by atomic mass is 32.2. The first-order valence-electron chi connectivity index (χ1n) is 12.2. The highest BCUT2D eigenvalue weighted by molar-refractivity contribution is 8.00. The number of halogens is 3. The highest BCUT2D eigenvalue weighted by Crippen LogP contribution is 2.37. The van der Waals surface area contributed by atoms with E-state index >= 15 is 0 Å². The third kappa shape index (κ3) is 8.34. The molecule has 0 radical (unpaired) electrons. The van der Waals surface area contributed by atoms with Gasteiger partial charge >= 0.3 is 5.51 Å². The topological polar surface area (TPSA) is 38.8 Å². The average Bonchev–Trinajstić information content (AvgIpc) is 2.84. The van der Waals surface area contributed by atoms with Crippen LogP contribution in [0.5, 0.6) is 0 Å². The van der Waals surface area contributed by atoms with Crippen molar-refractivity contribution >= 4 is 29.0 Å². The number of carbonyl (C=O) groups excluding carboxylic acids is 1. The first-order valence-corrected chi connectivity index (χ1v) is 13.0. The van der Waals surface area contributed by atoms with Gasteiger partial charge in [0, 0.05) is 74.5 Å². The third-order valence-electron chi connectivity index (χ3n) is 6.72. The molecule has 2 aliphatic rings.